The lowest BCUT2D eigenvalue weighted by Gasteiger charge is -2.25. The van der Waals surface area contributed by atoms with E-state index in [1.165, 1.54) is 0 Å². The summed E-state index contributed by atoms with van der Waals surface area (Å²) in [5.74, 6) is 0.564. The summed E-state index contributed by atoms with van der Waals surface area (Å²) in [5.41, 5.74) is 0. The van der Waals surface area contributed by atoms with E-state index in [1.807, 2.05) is 4.90 Å². The zero-order chi connectivity index (χ0) is 8.85. The summed E-state index contributed by atoms with van der Waals surface area (Å²) < 4.78 is 0. The van der Waals surface area contributed by atoms with Gasteiger partial charge in [0.05, 0.1) is 0 Å². The van der Waals surface area contributed by atoms with Gasteiger partial charge in [-0.15, -0.1) is 0 Å². The van der Waals surface area contributed by atoms with E-state index in [0.29, 0.717) is 12.0 Å². The predicted molar refractivity (Wildman–Crippen MR) is 47.4 cm³/mol. The highest BCUT2D eigenvalue weighted by Gasteiger charge is 2.09. The molecule has 66 valence electrons. The zero-order valence-corrected chi connectivity index (χ0v) is 8.00. The molecule has 1 amide bonds. The van der Waals surface area contributed by atoms with E-state index < -0.39 is 0 Å². The average molecular weight is 157 g/mol. The molecule has 0 aliphatic rings. The molecule has 0 spiro atoms. The van der Waals surface area contributed by atoms with Crippen LogP contribution in [0.5, 0.6) is 0 Å². The average Bonchev–Trinajstić information content (AvgIpc) is 1.98. The van der Waals surface area contributed by atoms with Gasteiger partial charge in [0.1, 0.15) is 0 Å². The molecule has 1 unspecified atom stereocenters. The van der Waals surface area contributed by atoms with Crippen LogP contribution >= 0.6 is 0 Å². The van der Waals surface area contributed by atoms with Gasteiger partial charge in [-0.05, 0) is 19.3 Å². The Morgan fingerprint density at radius 1 is 1.36 bits per heavy atom. The normalized spacial score (nSPS) is 13.2. The Balaban J connectivity index is 3.84. The van der Waals surface area contributed by atoms with Gasteiger partial charge >= 0.3 is 0 Å². The van der Waals surface area contributed by atoms with Gasteiger partial charge in [0.15, 0.2) is 0 Å². The van der Waals surface area contributed by atoms with Crippen LogP contribution in [0.3, 0.4) is 0 Å². The van der Waals surface area contributed by atoms with Crippen molar-refractivity contribution in [1.82, 2.24) is 4.90 Å². The van der Waals surface area contributed by atoms with Gasteiger partial charge in [0.25, 0.3) is 0 Å². The fourth-order valence-corrected chi connectivity index (χ4v) is 0.983. The molecule has 0 saturated carbocycles. The van der Waals surface area contributed by atoms with E-state index in [1.54, 1.807) is 0 Å². The molecule has 0 radical (unpaired) electrons. The molecule has 0 bridgehead atoms. The number of amides is 1. The van der Waals surface area contributed by atoms with Crippen LogP contribution in [-0.4, -0.2) is 23.9 Å². The van der Waals surface area contributed by atoms with Crippen LogP contribution in [0.4, 0.5) is 0 Å². The summed E-state index contributed by atoms with van der Waals surface area (Å²) in [6.45, 7) is 9.30. The molecular weight excluding hydrogens is 138 g/mol. The first-order chi connectivity index (χ1) is 5.11. The molecule has 0 N–H and O–H groups in total. The highest BCUT2D eigenvalue weighted by atomic mass is 16.1. The fourth-order valence-electron chi connectivity index (χ4n) is 0.983. The lowest BCUT2D eigenvalue weighted by molar-refractivity contribution is -0.120. The lowest BCUT2D eigenvalue weighted by atomic mass is 10.1. The number of hydrogen-bond acceptors (Lipinski definition) is 1. The summed E-state index contributed by atoms with van der Waals surface area (Å²) in [7, 11) is 0. The molecule has 11 heavy (non-hydrogen) atoms. The van der Waals surface area contributed by atoms with Crippen LogP contribution in [-0.2, 0) is 4.79 Å². The van der Waals surface area contributed by atoms with Gasteiger partial charge in [-0.3, -0.25) is 4.79 Å². The quantitative estimate of drug-likeness (QED) is 0.558. The van der Waals surface area contributed by atoms with E-state index >= 15 is 0 Å². The maximum atomic E-state index is 10.6. The van der Waals surface area contributed by atoms with Crippen LogP contribution in [0.1, 0.15) is 34.1 Å². The summed E-state index contributed by atoms with van der Waals surface area (Å²) in [6, 6.07) is 0.384. The Hall–Kier alpha value is -0.530. The minimum atomic E-state index is 0.384. The highest BCUT2D eigenvalue weighted by Crippen LogP contribution is 2.04. The maximum absolute atomic E-state index is 10.6. The van der Waals surface area contributed by atoms with E-state index in [2.05, 4.69) is 27.7 Å². The molecule has 0 saturated heterocycles. The third-order valence-electron chi connectivity index (χ3n) is 1.87. The standard InChI is InChI=1S/C9H19NO/c1-5-9(4)10(7-11)6-8(2)3/h7-9H,5-6H2,1-4H3. The third-order valence-corrected chi connectivity index (χ3v) is 1.87. The van der Waals surface area contributed by atoms with Gasteiger partial charge < -0.3 is 4.90 Å². The largest absolute Gasteiger partial charge is 0.342 e. The first-order valence-electron chi connectivity index (χ1n) is 4.32. The second-order valence-electron chi connectivity index (χ2n) is 3.45. The van der Waals surface area contributed by atoms with Gasteiger partial charge in [-0.1, -0.05) is 20.8 Å². The monoisotopic (exact) mass is 157 g/mol. The summed E-state index contributed by atoms with van der Waals surface area (Å²) in [5, 5.41) is 0. The van der Waals surface area contributed by atoms with Crippen LogP contribution in [0, 0.1) is 5.92 Å². The van der Waals surface area contributed by atoms with E-state index in [4.69, 9.17) is 0 Å². The topological polar surface area (TPSA) is 20.3 Å². The number of carbonyl (C=O) groups excluding carboxylic acids is 1. The predicted octanol–water partition coefficient (Wildman–Crippen LogP) is 1.90. The van der Waals surface area contributed by atoms with Gasteiger partial charge in [-0.2, -0.15) is 0 Å². The van der Waals surface area contributed by atoms with Gasteiger partial charge in [0, 0.05) is 12.6 Å². The highest BCUT2D eigenvalue weighted by molar-refractivity contribution is 5.47. The first kappa shape index (κ1) is 10.5. The van der Waals surface area contributed by atoms with E-state index in [0.717, 1.165) is 19.4 Å². The minimum absolute atomic E-state index is 0.384. The van der Waals surface area contributed by atoms with Crippen molar-refractivity contribution < 1.29 is 4.79 Å². The molecule has 0 rings (SSSR count). The van der Waals surface area contributed by atoms with Crippen molar-refractivity contribution in [2.24, 2.45) is 5.92 Å². The Morgan fingerprint density at radius 3 is 2.18 bits per heavy atom. The number of carbonyl (C=O) groups is 1. The third kappa shape index (κ3) is 4.02. The summed E-state index contributed by atoms with van der Waals surface area (Å²) in [6.07, 6.45) is 1.99. The summed E-state index contributed by atoms with van der Waals surface area (Å²) in [4.78, 5) is 12.4. The van der Waals surface area contributed by atoms with Crippen molar-refractivity contribution in [2.75, 3.05) is 6.54 Å². The molecule has 0 heterocycles. The molecule has 2 nitrogen and oxygen atoms in total. The van der Waals surface area contributed by atoms with Gasteiger partial charge in [-0.25, -0.2) is 0 Å². The minimum Gasteiger partial charge on any atom is -0.342 e. The molecule has 0 aliphatic carbocycles. The summed E-state index contributed by atoms with van der Waals surface area (Å²) >= 11 is 0. The molecule has 0 fully saturated rings. The van der Waals surface area contributed by atoms with Crippen molar-refractivity contribution in [2.45, 2.75) is 40.2 Å². The second-order valence-corrected chi connectivity index (χ2v) is 3.45. The molecule has 0 aliphatic heterocycles. The first-order valence-corrected chi connectivity index (χ1v) is 4.32. The number of rotatable bonds is 5. The Kier molecular flexibility index (Phi) is 4.92. The fraction of sp³-hybridized carbons (Fsp3) is 0.889. The van der Waals surface area contributed by atoms with Crippen LogP contribution in [0.25, 0.3) is 0 Å². The smallest absolute Gasteiger partial charge is 0.209 e. The van der Waals surface area contributed by atoms with Crippen molar-refractivity contribution in [3.8, 4) is 0 Å². The molecule has 1 atom stereocenters. The SMILES string of the molecule is CCC(C)N(C=O)CC(C)C. The number of nitrogens with zero attached hydrogens (tertiary/aromatic N) is 1. The van der Waals surface area contributed by atoms with Crippen molar-refractivity contribution in [3.63, 3.8) is 0 Å². The molecular formula is C9H19NO. The zero-order valence-electron chi connectivity index (χ0n) is 8.00. The number of hydrogen-bond donors (Lipinski definition) is 0. The Labute approximate surface area is 69.6 Å². The molecule has 0 aromatic rings. The van der Waals surface area contributed by atoms with Crippen LogP contribution in [0.2, 0.25) is 0 Å². The van der Waals surface area contributed by atoms with Crippen molar-refractivity contribution >= 4 is 6.41 Å². The van der Waals surface area contributed by atoms with Crippen molar-refractivity contribution in [3.05, 3.63) is 0 Å². The second kappa shape index (κ2) is 5.16. The lowest BCUT2D eigenvalue weighted by Crippen LogP contribution is -2.34. The molecule has 0 aromatic heterocycles. The van der Waals surface area contributed by atoms with Gasteiger partial charge in [0.2, 0.25) is 6.41 Å². The van der Waals surface area contributed by atoms with Crippen LogP contribution < -0.4 is 0 Å². The van der Waals surface area contributed by atoms with Crippen molar-refractivity contribution in [1.29, 1.82) is 0 Å². The van der Waals surface area contributed by atoms with Crippen LogP contribution in [0.15, 0.2) is 0 Å². The molecule has 0 aromatic carbocycles. The Bertz CT molecular complexity index is 112. The Morgan fingerprint density at radius 2 is 1.91 bits per heavy atom. The van der Waals surface area contributed by atoms with E-state index in [-0.39, 0.29) is 0 Å². The molecule has 2 heteroatoms. The maximum Gasteiger partial charge on any atom is 0.209 e. The van der Waals surface area contributed by atoms with E-state index in [9.17, 15) is 4.79 Å².